The number of carbonyl (C=O) groups is 1. The average molecular weight is 329 g/mol. The molecule has 0 aliphatic heterocycles. The van der Waals surface area contributed by atoms with Gasteiger partial charge in [-0.1, -0.05) is 12.1 Å². The summed E-state index contributed by atoms with van der Waals surface area (Å²) in [6.07, 6.45) is -0.736. The molecule has 0 spiro atoms. The molecule has 1 atom stereocenters. The Morgan fingerprint density at radius 3 is 2.42 bits per heavy atom. The minimum atomic E-state index is -0.736. The molecule has 0 bridgehead atoms. The average Bonchev–Trinajstić information content (AvgIpc) is 2.54. The SMILES string of the molecule is CC(=O)Nc1ccc(OC[C@H](O)COc2cc(C)ccc2C)cc1. The lowest BCUT2D eigenvalue weighted by molar-refractivity contribution is -0.114. The molecule has 0 aromatic heterocycles. The fraction of sp³-hybridized carbons (Fsp3) is 0.316. The number of rotatable bonds is 7. The van der Waals surface area contributed by atoms with Crippen molar-refractivity contribution in [1.29, 1.82) is 0 Å². The van der Waals surface area contributed by atoms with Gasteiger partial charge in [0.25, 0.3) is 0 Å². The molecule has 0 radical (unpaired) electrons. The molecule has 1 amide bonds. The number of aryl methyl sites for hydroxylation is 2. The highest BCUT2D eigenvalue weighted by Crippen LogP contribution is 2.19. The normalized spacial score (nSPS) is 11.7. The zero-order valence-electron chi connectivity index (χ0n) is 14.2. The molecule has 2 N–H and O–H groups in total. The number of aliphatic hydroxyl groups is 1. The van der Waals surface area contributed by atoms with E-state index in [4.69, 9.17) is 9.47 Å². The summed E-state index contributed by atoms with van der Waals surface area (Å²) in [5, 5.41) is 12.7. The second kappa shape index (κ2) is 8.36. The van der Waals surface area contributed by atoms with Crippen LogP contribution >= 0.6 is 0 Å². The lowest BCUT2D eigenvalue weighted by Crippen LogP contribution is -2.25. The van der Waals surface area contributed by atoms with Crippen LogP contribution in [-0.4, -0.2) is 30.3 Å². The van der Waals surface area contributed by atoms with E-state index in [0.717, 1.165) is 16.9 Å². The smallest absolute Gasteiger partial charge is 0.221 e. The largest absolute Gasteiger partial charge is 0.491 e. The zero-order chi connectivity index (χ0) is 17.5. The van der Waals surface area contributed by atoms with Gasteiger partial charge in [0.2, 0.25) is 5.91 Å². The van der Waals surface area contributed by atoms with Crippen molar-refractivity contribution in [3.05, 3.63) is 53.6 Å². The van der Waals surface area contributed by atoms with E-state index in [2.05, 4.69) is 5.32 Å². The summed E-state index contributed by atoms with van der Waals surface area (Å²) >= 11 is 0. The lowest BCUT2D eigenvalue weighted by atomic mass is 10.1. The predicted octanol–water partition coefficient (Wildman–Crippen LogP) is 3.08. The quantitative estimate of drug-likeness (QED) is 0.819. The van der Waals surface area contributed by atoms with Crippen molar-refractivity contribution in [3.8, 4) is 11.5 Å². The topological polar surface area (TPSA) is 67.8 Å². The zero-order valence-corrected chi connectivity index (χ0v) is 14.2. The van der Waals surface area contributed by atoms with Gasteiger partial charge in [-0.2, -0.15) is 0 Å². The third-order valence-corrected chi connectivity index (χ3v) is 3.39. The number of anilines is 1. The maximum absolute atomic E-state index is 11.0. The van der Waals surface area contributed by atoms with Gasteiger partial charge in [0, 0.05) is 12.6 Å². The van der Waals surface area contributed by atoms with E-state index in [1.807, 2.05) is 32.0 Å². The Morgan fingerprint density at radius 2 is 1.75 bits per heavy atom. The summed E-state index contributed by atoms with van der Waals surface area (Å²) in [4.78, 5) is 11.0. The third-order valence-electron chi connectivity index (χ3n) is 3.39. The van der Waals surface area contributed by atoms with Crippen LogP contribution in [0.2, 0.25) is 0 Å². The van der Waals surface area contributed by atoms with Crippen LogP contribution in [0.3, 0.4) is 0 Å². The van der Waals surface area contributed by atoms with Crippen LogP contribution in [0.25, 0.3) is 0 Å². The van der Waals surface area contributed by atoms with E-state index in [-0.39, 0.29) is 19.1 Å². The molecule has 0 saturated carbocycles. The molecule has 2 rings (SSSR count). The van der Waals surface area contributed by atoms with E-state index in [1.54, 1.807) is 24.3 Å². The van der Waals surface area contributed by atoms with Crippen LogP contribution in [0.5, 0.6) is 11.5 Å². The number of ether oxygens (including phenoxy) is 2. The Balaban J connectivity index is 1.79. The van der Waals surface area contributed by atoms with Gasteiger partial charge < -0.3 is 19.9 Å². The summed E-state index contributed by atoms with van der Waals surface area (Å²) in [6.45, 7) is 5.71. The summed E-state index contributed by atoms with van der Waals surface area (Å²) < 4.78 is 11.2. The van der Waals surface area contributed by atoms with Gasteiger partial charge in [-0.05, 0) is 55.3 Å². The molecule has 5 heteroatoms. The summed E-state index contributed by atoms with van der Waals surface area (Å²) in [5.74, 6) is 1.27. The number of carbonyl (C=O) groups excluding carboxylic acids is 1. The second-order valence-electron chi connectivity index (χ2n) is 5.75. The minimum absolute atomic E-state index is 0.123. The maximum atomic E-state index is 11.0. The number of hydrogen-bond acceptors (Lipinski definition) is 4. The first kappa shape index (κ1) is 17.8. The fourth-order valence-corrected chi connectivity index (χ4v) is 2.13. The highest BCUT2D eigenvalue weighted by atomic mass is 16.5. The van der Waals surface area contributed by atoms with Crippen LogP contribution in [0, 0.1) is 13.8 Å². The number of amides is 1. The van der Waals surface area contributed by atoms with Crippen LogP contribution in [0.4, 0.5) is 5.69 Å². The Hall–Kier alpha value is -2.53. The Morgan fingerprint density at radius 1 is 1.08 bits per heavy atom. The monoisotopic (exact) mass is 329 g/mol. The van der Waals surface area contributed by atoms with Gasteiger partial charge in [0.1, 0.15) is 30.8 Å². The van der Waals surface area contributed by atoms with Gasteiger partial charge in [-0.15, -0.1) is 0 Å². The number of nitrogens with one attached hydrogen (secondary N) is 1. The van der Waals surface area contributed by atoms with Crippen LogP contribution in [0.15, 0.2) is 42.5 Å². The fourth-order valence-electron chi connectivity index (χ4n) is 2.13. The number of aliphatic hydroxyl groups excluding tert-OH is 1. The van der Waals surface area contributed by atoms with E-state index in [9.17, 15) is 9.90 Å². The van der Waals surface area contributed by atoms with Crippen molar-refractivity contribution >= 4 is 11.6 Å². The van der Waals surface area contributed by atoms with Gasteiger partial charge >= 0.3 is 0 Å². The van der Waals surface area contributed by atoms with Gasteiger partial charge in [0.05, 0.1) is 0 Å². The van der Waals surface area contributed by atoms with Crippen LogP contribution in [-0.2, 0) is 4.79 Å². The van der Waals surface area contributed by atoms with E-state index in [1.165, 1.54) is 6.92 Å². The molecule has 5 nitrogen and oxygen atoms in total. The molecule has 0 heterocycles. The molecular weight excluding hydrogens is 306 g/mol. The standard InChI is InChI=1S/C19H23NO4/c1-13-4-5-14(2)19(10-13)24-12-17(22)11-23-18-8-6-16(7-9-18)20-15(3)21/h4-10,17,22H,11-12H2,1-3H3,(H,20,21)/t17-/m0/s1. The van der Waals surface area contributed by atoms with Crippen molar-refractivity contribution in [2.45, 2.75) is 26.9 Å². The molecule has 2 aromatic carbocycles. The summed E-state index contributed by atoms with van der Waals surface area (Å²) in [6, 6.07) is 12.9. The van der Waals surface area contributed by atoms with Gasteiger partial charge in [0.15, 0.2) is 0 Å². The molecule has 0 saturated heterocycles. The van der Waals surface area contributed by atoms with E-state index < -0.39 is 6.10 Å². The number of benzene rings is 2. The van der Waals surface area contributed by atoms with Crippen molar-refractivity contribution < 1.29 is 19.4 Å². The molecule has 128 valence electrons. The highest BCUT2D eigenvalue weighted by molar-refractivity contribution is 5.88. The summed E-state index contributed by atoms with van der Waals surface area (Å²) in [7, 11) is 0. The molecule has 0 unspecified atom stereocenters. The first-order valence-corrected chi connectivity index (χ1v) is 7.82. The molecule has 0 aliphatic carbocycles. The minimum Gasteiger partial charge on any atom is -0.491 e. The Bertz CT molecular complexity index is 682. The van der Waals surface area contributed by atoms with Crippen LogP contribution < -0.4 is 14.8 Å². The Labute approximate surface area is 142 Å². The third kappa shape index (κ3) is 5.59. The van der Waals surface area contributed by atoms with Crippen molar-refractivity contribution in [2.75, 3.05) is 18.5 Å². The first-order chi connectivity index (χ1) is 11.4. The van der Waals surface area contributed by atoms with E-state index >= 15 is 0 Å². The first-order valence-electron chi connectivity index (χ1n) is 7.82. The molecular formula is C19H23NO4. The van der Waals surface area contributed by atoms with Crippen molar-refractivity contribution in [2.24, 2.45) is 0 Å². The van der Waals surface area contributed by atoms with Gasteiger partial charge in [-0.25, -0.2) is 0 Å². The van der Waals surface area contributed by atoms with Crippen molar-refractivity contribution in [3.63, 3.8) is 0 Å². The van der Waals surface area contributed by atoms with E-state index in [0.29, 0.717) is 11.4 Å². The molecule has 2 aromatic rings. The maximum Gasteiger partial charge on any atom is 0.221 e. The number of hydrogen-bond donors (Lipinski definition) is 2. The highest BCUT2D eigenvalue weighted by Gasteiger charge is 2.08. The molecule has 0 aliphatic rings. The lowest BCUT2D eigenvalue weighted by Gasteiger charge is -2.15. The predicted molar refractivity (Wildman–Crippen MR) is 93.7 cm³/mol. The van der Waals surface area contributed by atoms with Crippen LogP contribution in [0.1, 0.15) is 18.1 Å². The Kier molecular flexibility index (Phi) is 6.21. The summed E-state index contributed by atoms with van der Waals surface area (Å²) in [5.41, 5.74) is 2.84. The van der Waals surface area contributed by atoms with Gasteiger partial charge in [-0.3, -0.25) is 4.79 Å². The molecule has 24 heavy (non-hydrogen) atoms. The molecule has 0 fully saturated rings. The second-order valence-corrected chi connectivity index (χ2v) is 5.75. The van der Waals surface area contributed by atoms with Crippen molar-refractivity contribution in [1.82, 2.24) is 0 Å².